The Morgan fingerprint density at radius 2 is 1.83 bits per heavy atom. The molecule has 0 aliphatic rings. The molecule has 2 amide bonds. The first-order valence-corrected chi connectivity index (χ1v) is 16.6. The molecule has 0 saturated heterocycles. The van der Waals surface area contributed by atoms with E-state index in [-0.39, 0.29) is 27.1 Å². The maximum Gasteiger partial charge on any atom is 0.435 e. The quantitative estimate of drug-likeness (QED) is 0.107. The van der Waals surface area contributed by atoms with E-state index >= 15 is 0 Å². The smallest absolute Gasteiger partial charge is 0.352 e. The summed E-state index contributed by atoms with van der Waals surface area (Å²) in [7, 11) is -2.53. The predicted octanol–water partition coefficient (Wildman–Crippen LogP) is 6.75. The summed E-state index contributed by atoms with van der Waals surface area (Å²) in [6.45, 7) is 0.306. The average Bonchev–Trinajstić information content (AvgIpc) is 3.34. The van der Waals surface area contributed by atoms with E-state index in [2.05, 4.69) is 20.7 Å². The van der Waals surface area contributed by atoms with Gasteiger partial charge in [0.25, 0.3) is 11.8 Å². The zero-order chi connectivity index (χ0) is 30.4. The molecule has 0 radical (unpaired) electrons. The van der Waals surface area contributed by atoms with Crippen LogP contribution in [0.15, 0.2) is 36.5 Å². The van der Waals surface area contributed by atoms with Gasteiger partial charge in [-0.2, -0.15) is 18.3 Å². The molecule has 9 nitrogen and oxygen atoms in total. The van der Waals surface area contributed by atoms with E-state index in [1.54, 1.807) is 6.07 Å². The lowest BCUT2D eigenvalue weighted by Gasteiger charge is -2.16. The van der Waals surface area contributed by atoms with Gasteiger partial charge in [-0.3, -0.25) is 18.6 Å². The second kappa shape index (κ2) is 14.2. The Morgan fingerprint density at radius 3 is 2.46 bits per heavy atom. The number of aromatic nitrogens is 3. The number of hydrogen-bond acceptors (Lipinski definition) is 6. The summed E-state index contributed by atoms with van der Waals surface area (Å²) >= 11 is 14.4. The van der Waals surface area contributed by atoms with E-state index in [1.165, 1.54) is 30.7 Å². The van der Waals surface area contributed by atoms with Crippen molar-refractivity contribution in [3.05, 3.63) is 69.1 Å². The van der Waals surface area contributed by atoms with Crippen molar-refractivity contribution < 1.29 is 27.0 Å². The van der Waals surface area contributed by atoms with Gasteiger partial charge in [-0.05, 0) is 42.7 Å². The van der Waals surface area contributed by atoms with Crippen molar-refractivity contribution in [1.29, 1.82) is 4.78 Å². The zero-order valence-electron chi connectivity index (χ0n) is 21.7. The van der Waals surface area contributed by atoms with Crippen molar-refractivity contribution in [1.82, 2.24) is 20.1 Å². The number of halogens is 6. The maximum absolute atomic E-state index is 13.5. The van der Waals surface area contributed by atoms with Crippen LogP contribution in [0.5, 0.6) is 0 Å². The number of pyridine rings is 1. The Kier molecular flexibility index (Phi) is 11.4. The van der Waals surface area contributed by atoms with Crippen molar-refractivity contribution in [3.63, 3.8) is 0 Å². The Morgan fingerprint density at radius 1 is 1.12 bits per heavy atom. The number of rotatable bonds is 12. The SMILES string of the molecule is CS(=N)(=O)CCCCCCNC(=O)c1cc(Cl)cc(CI)c1NC(=O)c1cc(C(F)(F)F)nn1-c1ncccc1Cl. The van der Waals surface area contributed by atoms with Gasteiger partial charge >= 0.3 is 6.18 Å². The Balaban J connectivity index is 1.86. The molecule has 2 aromatic heterocycles. The maximum atomic E-state index is 13.5. The second-order valence-electron chi connectivity index (χ2n) is 9.09. The van der Waals surface area contributed by atoms with Crippen LogP contribution in [0.3, 0.4) is 0 Å². The Hall–Kier alpha value is -2.43. The van der Waals surface area contributed by atoms with Crippen molar-refractivity contribution >= 4 is 73.0 Å². The van der Waals surface area contributed by atoms with Gasteiger partial charge in [-0.1, -0.05) is 58.6 Å². The lowest BCUT2D eigenvalue weighted by atomic mass is 10.1. The van der Waals surface area contributed by atoms with Gasteiger partial charge in [0.05, 0.1) is 16.3 Å². The van der Waals surface area contributed by atoms with Crippen LogP contribution in [0.4, 0.5) is 18.9 Å². The van der Waals surface area contributed by atoms with Crippen LogP contribution in [-0.4, -0.2) is 49.3 Å². The number of carbonyl (C=O) groups is 2. The molecule has 2 heterocycles. The molecule has 1 atom stereocenters. The highest BCUT2D eigenvalue weighted by Crippen LogP contribution is 2.32. The van der Waals surface area contributed by atoms with E-state index in [9.17, 15) is 27.0 Å². The minimum atomic E-state index is -4.85. The first-order chi connectivity index (χ1) is 19.2. The number of carbonyl (C=O) groups excluding carboxylic acids is 2. The summed E-state index contributed by atoms with van der Waals surface area (Å²) < 4.78 is 60.5. The Bertz CT molecular complexity index is 1530. The molecular formula is C25H26Cl2F3IN6O3S. The van der Waals surface area contributed by atoms with E-state index in [4.69, 9.17) is 28.0 Å². The summed E-state index contributed by atoms with van der Waals surface area (Å²) in [5, 5.41) is 9.08. The van der Waals surface area contributed by atoms with Gasteiger partial charge in [-0.25, -0.2) is 9.67 Å². The van der Waals surface area contributed by atoms with Crippen molar-refractivity contribution in [2.45, 2.75) is 36.3 Å². The molecule has 0 bridgehead atoms. The molecule has 16 heteroatoms. The normalized spacial score (nSPS) is 13.0. The average molecular weight is 745 g/mol. The molecule has 222 valence electrons. The highest BCUT2D eigenvalue weighted by Gasteiger charge is 2.37. The molecule has 41 heavy (non-hydrogen) atoms. The van der Waals surface area contributed by atoms with Gasteiger partial charge in [-0.15, -0.1) is 0 Å². The monoisotopic (exact) mass is 744 g/mol. The third-order valence-corrected chi connectivity index (χ3v) is 8.13. The van der Waals surface area contributed by atoms with E-state index in [0.717, 1.165) is 12.8 Å². The number of alkyl halides is 4. The second-order valence-corrected chi connectivity index (χ2v) is 13.1. The molecule has 0 spiro atoms. The summed E-state index contributed by atoms with van der Waals surface area (Å²) in [6, 6.07) is 6.37. The summed E-state index contributed by atoms with van der Waals surface area (Å²) in [6.07, 6.45) is 0.616. The van der Waals surface area contributed by atoms with Crippen molar-refractivity contribution in [3.8, 4) is 5.82 Å². The first kappa shape index (κ1) is 33.1. The molecule has 0 aliphatic heterocycles. The van der Waals surface area contributed by atoms with Crippen LogP contribution < -0.4 is 10.6 Å². The summed E-state index contributed by atoms with van der Waals surface area (Å²) in [5.74, 6) is -1.37. The van der Waals surface area contributed by atoms with Gasteiger partial charge in [0.1, 0.15) is 5.69 Å². The minimum Gasteiger partial charge on any atom is -0.352 e. The van der Waals surface area contributed by atoms with Crippen LogP contribution in [0, 0.1) is 4.78 Å². The summed E-state index contributed by atoms with van der Waals surface area (Å²) in [4.78, 5) is 30.5. The highest BCUT2D eigenvalue weighted by molar-refractivity contribution is 14.1. The van der Waals surface area contributed by atoms with E-state index in [1.807, 2.05) is 22.6 Å². The molecule has 1 aromatic carbocycles. The molecular weight excluding hydrogens is 719 g/mol. The number of benzene rings is 1. The highest BCUT2D eigenvalue weighted by atomic mass is 127. The standard InChI is InChI=1S/C25H26Cl2F3IN6O3S/c1-41(32,40)10-5-3-2-4-8-34-23(38)17-12-16(26)11-15(14-31)21(17)35-24(39)19-13-20(25(28,29)30)36-37(19)22-18(27)7-6-9-33-22/h6-7,9,11-13,32H,2-5,8,10,14H2,1H3,(H,34,38)(H,35,39). The van der Waals surface area contributed by atoms with E-state index < -0.39 is 39.1 Å². The fourth-order valence-corrected chi connectivity index (χ4v) is 5.60. The predicted molar refractivity (Wildman–Crippen MR) is 161 cm³/mol. The van der Waals surface area contributed by atoms with Crippen molar-refractivity contribution in [2.24, 2.45) is 0 Å². The fraction of sp³-hybridized carbons (Fsp3) is 0.360. The fourth-order valence-electron chi connectivity index (χ4n) is 3.80. The number of amides is 2. The molecule has 3 aromatic rings. The molecule has 0 fully saturated rings. The third-order valence-electron chi connectivity index (χ3n) is 5.73. The summed E-state index contributed by atoms with van der Waals surface area (Å²) in [5.41, 5.74) is -1.21. The van der Waals surface area contributed by atoms with Crippen LogP contribution >= 0.6 is 45.8 Å². The van der Waals surface area contributed by atoms with Crippen LogP contribution in [0.25, 0.3) is 5.82 Å². The van der Waals surface area contributed by atoms with Gasteiger partial charge in [0.2, 0.25) is 0 Å². The third kappa shape index (κ3) is 9.28. The number of nitrogens with zero attached hydrogens (tertiary/aromatic N) is 3. The van der Waals surface area contributed by atoms with E-state index in [0.29, 0.717) is 45.9 Å². The molecule has 0 aliphatic carbocycles. The minimum absolute atomic E-state index is 0.0270. The van der Waals surface area contributed by atoms with Crippen LogP contribution in [0.1, 0.15) is 57.8 Å². The number of anilines is 1. The van der Waals surface area contributed by atoms with Gasteiger partial charge in [0, 0.05) is 50.0 Å². The topological polar surface area (TPSA) is 130 Å². The zero-order valence-corrected chi connectivity index (χ0v) is 26.1. The number of hydrogen-bond donors (Lipinski definition) is 3. The Labute approximate surface area is 258 Å². The van der Waals surface area contributed by atoms with Crippen LogP contribution in [-0.2, 0) is 20.3 Å². The lowest BCUT2D eigenvalue weighted by Crippen LogP contribution is -2.27. The van der Waals surface area contributed by atoms with Crippen molar-refractivity contribution in [2.75, 3.05) is 23.9 Å². The molecule has 3 N–H and O–H groups in total. The molecule has 3 rings (SSSR count). The molecule has 0 saturated carbocycles. The van der Waals surface area contributed by atoms with Gasteiger partial charge in [0.15, 0.2) is 11.5 Å². The van der Waals surface area contributed by atoms with Gasteiger partial charge < -0.3 is 10.6 Å². The largest absolute Gasteiger partial charge is 0.435 e. The lowest BCUT2D eigenvalue weighted by molar-refractivity contribution is -0.141. The number of nitrogens with one attached hydrogen (secondary N) is 3. The first-order valence-electron chi connectivity index (χ1n) is 12.2. The number of unbranched alkanes of at least 4 members (excludes halogenated alkanes) is 3. The van der Waals surface area contributed by atoms with Crippen LogP contribution in [0.2, 0.25) is 10.0 Å². The molecule has 1 unspecified atom stereocenters.